The maximum atomic E-state index is 11.6. The van der Waals surface area contributed by atoms with Crippen LogP contribution >= 0.6 is 0 Å². The van der Waals surface area contributed by atoms with E-state index >= 15 is 0 Å². The number of rotatable bonds is 3. The third kappa shape index (κ3) is 3.75. The highest BCUT2D eigenvalue weighted by Crippen LogP contribution is 1.95. The Morgan fingerprint density at radius 1 is 1.73 bits per heavy atom. The first-order valence-electron chi connectivity index (χ1n) is 5.13. The maximum absolute atomic E-state index is 11.6. The lowest BCUT2D eigenvalue weighted by Crippen LogP contribution is -2.53. The Hall–Kier alpha value is -1.30. The first-order chi connectivity index (χ1) is 7.13. The van der Waals surface area contributed by atoms with Crippen molar-refractivity contribution < 1.29 is 9.59 Å². The van der Waals surface area contributed by atoms with Gasteiger partial charge in [-0.05, 0) is 12.5 Å². The van der Waals surface area contributed by atoms with Crippen molar-refractivity contribution in [2.24, 2.45) is 11.7 Å². The highest BCUT2D eigenvalue weighted by Gasteiger charge is 2.20. The highest BCUT2D eigenvalue weighted by atomic mass is 16.2. The van der Waals surface area contributed by atoms with Gasteiger partial charge in [-0.25, -0.2) is 4.79 Å². The molecule has 15 heavy (non-hydrogen) atoms. The molecule has 0 aliphatic carbocycles. The fraction of sp³-hybridized carbons (Fsp3) is 0.778. The second-order valence-electron chi connectivity index (χ2n) is 3.80. The number of hydrogen-bond acceptors (Lipinski definition) is 3. The molecule has 1 aliphatic heterocycles. The molecule has 3 amide bonds. The minimum atomic E-state index is -0.190. The third-order valence-electron chi connectivity index (χ3n) is 2.33. The van der Waals surface area contributed by atoms with E-state index in [1.165, 1.54) is 4.90 Å². The van der Waals surface area contributed by atoms with Crippen molar-refractivity contribution in [3.05, 3.63) is 0 Å². The second kappa shape index (κ2) is 5.55. The van der Waals surface area contributed by atoms with Gasteiger partial charge in [0.15, 0.2) is 0 Å². The van der Waals surface area contributed by atoms with Gasteiger partial charge in [0.2, 0.25) is 5.91 Å². The standard InChI is InChI=1S/C9H18N4O2/c1-7(4-10)5-12-9(15)13-3-2-11-8(14)6-13/h7H,2-6,10H2,1H3,(H,11,14)(H,12,15). The number of urea groups is 1. The summed E-state index contributed by atoms with van der Waals surface area (Å²) in [5.41, 5.74) is 5.43. The van der Waals surface area contributed by atoms with Gasteiger partial charge in [-0.3, -0.25) is 4.79 Å². The number of amides is 3. The molecule has 0 aromatic carbocycles. The molecule has 1 aliphatic rings. The van der Waals surface area contributed by atoms with Gasteiger partial charge in [0.1, 0.15) is 6.54 Å². The van der Waals surface area contributed by atoms with Crippen molar-refractivity contribution in [3.63, 3.8) is 0 Å². The Morgan fingerprint density at radius 2 is 2.47 bits per heavy atom. The molecule has 0 spiro atoms. The number of nitrogens with zero attached hydrogens (tertiary/aromatic N) is 1. The van der Waals surface area contributed by atoms with E-state index in [0.717, 1.165) is 0 Å². The summed E-state index contributed by atoms with van der Waals surface area (Å²) in [5.74, 6) is 0.149. The molecular formula is C9H18N4O2. The van der Waals surface area contributed by atoms with Crippen molar-refractivity contribution >= 4 is 11.9 Å². The SMILES string of the molecule is CC(CN)CNC(=O)N1CCNC(=O)C1. The number of carbonyl (C=O) groups excluding carboxylic acids is 2. The predicted molar refractivity (Wildman–Crippen MR) is 56.2 cm³/mol. The van der Waals surface area contributed by atoms with E-state index in [4.69, 9.17) is 5.73 Å². The van der Waals surface area contributed by atoms with Gasteiger partial charge in [-0.2, -0.15) is 0 Å². The normalized spacial score (nSPS) is 18.3. The molecule has 1 fully saturated rings. The quantitative estimate of drug-likeness (QED) is 0.547. The van der Waals surface area contributed by atoms with E-state index in [1.54, 1.807) is 0 Å². The molecule has 1 heterocycles. The van der Waals surface area contributed by atoms with Gasteiger partial charge in [-0.15, -0.1) is 0 Å². The average Bonchev–Trinajstić information content (AvgIpc) is 2.25. The Labute approximate surface area is 89.2 Å². The van der Waals surface area contributed by atoms with Gasteiger partial charge in [-0.1, -0.05) is 6.92 Å². The van der Waals surface area contributed by atoms with Crippen LogP contribution in [0.2, 0.25) is 0 Å². The number of hydrogen-bond donors (Lipinski definition) is 3. The molecule has 1 rings (SSSR count). The topological polar surface area (TPSA) is 87.5 Å². The average molecular weight is 214 g/mol. The van der Waals surface area contributed by atoms with E-state index in [9.17, 15) is 9.59 Å². The second-order valence-corrected chi connectivity index (χ2v) is 3.80. The first kappa shape index (κ1) is 11.8. The minimum Gasteiger partial charge on any atom is -0.353 e. The fourth-order valence-corrected chi connectivity index (χ4v) is 1.27. The molecule has 0 aromatic rings. The lowest BCUT2D eigenvalue weighted by atomic mass is 10.2. The van der Waals surface area contributed by atoms with Crippen molar-refractivity contribution in [2.45, 2.75) is 6.92 Å². The monoisotopic (exact) mass is 214 g/mol. The molecule has 0 radical (unpaired) electrons. The molecule has 6 heteroatoms. The van der Waals surface area contributed by atoms with Crippen molar-refractivity contribution in [3.8, 4) is 0 Å². The zero-order chi connectivity index (χ0) is 11.3. The van der Waals surface area contributed by atoms with Gasteiger partial charge in [0, 0.05) is 19.6 Å². The zero-order valence-corrected chi connectivity index (χ0v) is 8.95. The summed E-state index contributed by atoms with van der Waals surface area (Å²) in [7, 11) is 0. The largest absolute Gasteiger partial charge is 0.353 e. The highest BCUT2D eigenvalue weighted by molar-refractivity contribution is 5.85. The smallest absolute Gasteiger partial charge is 0.317 e. The summed E-state index contributed by atoms with van der Waals surface area (Å²) in [4.78, 5) is 24.1. The molecule has 0 bridgehead atoms. The van der Waals surface area contributed by atoms with Crippen LogP contribution in [0.3, 0.4) is 0 Å². The van der Waals surface area contributed by atoms with Crippen LogP contribution < -0.4 is 16.4 Å². The molecule has 1 unspecified atom stereocenters. The van der Waals surface area contributed by atoms with E-state index in [2.05, 4.69) is 10.6 Å². The summed E-state index contributed by atoms with van der Waals surface area (Å²) in [5, 5.41) is 5.41. The summed E-state index contributed by atoms with van der Waals surface area (Å²) < 4.78 is 0. The van der Waals surface area contributed by atoms with Gasteiger partial charge < -0.3 is 21.3 Å². The maximum Gasteiger partial charge on any atom is 0.317 e. The Balaban J connectivity index is 2.30. The summed E-state index contributed by atoms with van der Waals surface area (Å²) in [6, 6.07) is -0.190. The van der Waals surface area contributed by atoms with Crippen LogP contribution in [0.1, 0.15) is 6.92 Å². The Morgan fingerprint density at radius 3 is 3.07 bits per heavy atom. The lowest BCUT2D eigenvalue weighted by molar-refractivity contribution is -0.123. The van der Waals surface area contributed by atoms with Crippen LogP contribution in [-0.4, -0.2) is 49.6 Å². The molecule has 6 nitrogen and oxygen atoms in total. The molecular weight excluding hydrogens is 196 g/mol. The number of nitrogens with two attached hydrogens (primary N) is 1. The van der Waals surface area contributed by atoms with E-state index in [0.29, 0.717) is 26.2 Å². The van der Waals surface area contributed by atoms with Gasteiger partial charge >= 0.3 is 6.03 Å². The van der Waals surface area contributed by atoms with E-state index in [1.807, 2.05) is 6.92 Å². The Kier molecular flexibility index (Phi) is 4.36. The fourth-order valence-electron chi connectivity index (χ4n) is 1.27. The van der Waals surface area contributed by atoms with E-state index in [-0.39, 0.29) is 24.4 Å². The molecule has 0 saturated carbocycles. The van der Waals surface area contributed by atoms with Crippen molar-refractivity contribution in [1.82, 2.24) is 15.5 Å². The van der Waals surface area contributed by atoms with Crippen LogP contribution in [0.5, 0.6) is 0 Å². The van der Waals surface area contributed by atoms with E-state index < -0.39 is 0 Å². The summed E-state index contributed by atoms with van der Waals surface area (Å²) in [6.45, 7) is 4.29. The minimum absolute atomic E-state index is 0.108. The van der Waals surface area contributed by atoms with Crippen LogP contribution in [-0.2, 0) is 4.79 Å². The molecule has 1 atom stereocenters. The summed E-state index contributed by atoms with van der Waals surface area (Å²) in [6.07, 6.45) is 0. The van der Waals surface area contributed by atoms with Crippen LogP contribution in [0.15, 0.2) is 0 Å². The summed E-state index contributed by atoms with van der Waals surface area (Å²) >= 11 is 0. The van der Waals surface area contributed by atoms with Gasteiger partial charge in [0.05, 0.1) is 0 Å². The zero-order valence-electron chi connectivity index (χ0n) is 8.95. The molecule has 86 valence electrons. The van der Waals surface area contributed by atoms with Crippen molar-refractivity contribution in [1.29, 1.82) is 0 Å². The Bertz CT molecular complexity index is 244. The third-order valence-corrected chi connectivity index (χ3v) is 2.33. The number of piperazine rings is 1. The molecule has 0 aromatic heterocycles. The molecule has 4 N–H and O–H groups in total. The lowest BCUT2D eigenvalue weighted by Gasteiger charge is -2.27. The number of nitrogens with one attached hydrogen (secondary N) is 2. The van der Waals surface area contributed by atoms with Gasteiger partial charge in [0.25, 0.3) is 0 Å². The van der Waals surface area contributed by atoms with Crippen molar-refractivity contribution in [2.75, 3.05) is 32.7 Å². The van der Waals surface area contributed by atoms with Crippen LogP contribution in [0.25, 0.3) is 0 Å². The first-order valence-corrected chi connectivity index (χ1v) is 5.13. The predicted octanol–water partition coefficient (Wildman–Crippen LogP) is -1.28. The molecule has 1 saturated heterocycles. The van der Waals surface area contributed by atoms with Crippen LogP contribution in [0, 0.1) is 5.92 Å². The van der Waals surface area contributed by atoms with Crippen LogP contribution in [0.4, 0.5) is 4.79 Å². The number of carbonyl (C=O) groups is 2.